The van der Waals surface area contributed by atoms with Gasteiger partial charge in [0.2, 0.25) is 0 Å². The van der Waals surface area contributed by atoms with Gasteiger partial charge in [-0.25, -0.2) is 5.01 Å². The van der Waals surface area contributed by atoms with E-state index in [-0.39, 0.29) is 6.10 Å². The van der Waals surface area contributed by atoms with Crippen molar-refractivity contribution in [2.45, 2.75) is 18.9 Å². The van der Waals surface area contributed by atoms with Crippen LogP contribution in [0.2, 0.25) is 0 Å². The molecule has 1 aliphatic rings. The van der Waals surface area contributed by atoms with Gasteiger partial charge in [-0.2, -0.15) is 0 Å². The van der Waals surface area contributed by atoms with Gasteiger partial charge in [0.05, 0.1) is 6.10 Å². The fraction of sp³-hybridized carbons (Fsp3) is 1.00. The molecule has 0 bridgehead atoms. The van der Waals surface area contributed by atoms with Crippen molar-refractivity contribution in [2.24, 2.45) is 5.84 Å². The number of piperidine rings is 1. The van der Waals surface area contributed by atoms with Crippen molar-refractivity contribution in [3.05, 3.63) is 0 Å². The number of nitrogens with zero attached hydrogens (tertiary/aromatic N) is 1. The van der Waals surface area contributed by atoms with Crippen molar-refractivity contribution in [1.29, 1.82) is 0 Å². The van der Waals surface area contributed by atoms with Crippen LogP contribution in [0.15, 0.2) is 0 Å². The van der Waals surface area contributed by atoms with E-state index in [9.17, 15) is 0 Å². The second-order valence-corrected chi connectivity index (χ2v) is 2.29. The minimum absolute atomic E-state index is 0.186. The Bertz CT molecular complexity index is 68.8. The van der Waals surface area contributed by atoms with Crippen LogP contribution in [0.1, 0.15) is 12.8 Å². The van der Waals surface area contributed by atoms with Crippen molar-refractivity contribution >= 4 is 0 Å². The monoisotopic (exact) mass is 116 g/mol. The largest absolute Gasteiger partial charge is 0.392 e. The van der Waals surface area contributed by atoms with Gasteiger partial charge in [-0.3, -0.25) is 5.84 Å². The molecule has 0 aromatic rings. The Labute approximate surface area is 49.1 Å². The van der Waals surface area contributed by atoms with Gasteiger partial charge in [-0.1, -0.05) is 0 Å². The van der Waals surface area contributed by atoms with E-state index in [1.807, 2.05) is 0 Å². The average molecular weight is 116 g/mol. The number of rotatable bonds is 0. The van der Waals surface area contributed by atoms with Crippen molar-refractivity contribution < 1.29 is 5.11 Å². The van der Waals surface area contributed by atoms with Gasteiger partial charge in [0.1, 0.15) is 0 Å². The molecule has 0 unspecified atom stereocenters. The van der Waals surface area contributed by atoms with E-state index in [0.29, 0.717) is 6.54 Å². The van der Waals surface area contributed by atoms with E-state index in [2.05, 4.69) is 0 Å². The van der Waals surface area contributed by atoms with Gasteiger partial charge in [0, 0.05) is 13.1 Å². The molecule has 1 saturated heterocycles. The maximum Gasteiger partial charge on any atom is 0.0681 e. The zero-order valence-corrected chi connectivity index (χ0v) is 4.88. The highest BCUT2D eigenvalue weighted by molar-refractivity contribution is 4.66. The summed E-state index contributed by atoms with van der Waals surface area (Å²) in [5, 5.41) is 10.6. The number of hydrogen-bond acceptors (Lipinski definition) is 3. The number of aliphatic hydroxyl groups is 1. The predicted molar refractivity (Wildman–Crippen MR) is 31.0 cm³/mol. The maximum absolute atomic E-state index is 8.96. The standard InChI is InChI=1S/C5H12N2O/c6-7-3-1-2-5(8)4-7/h5,8H,1-4,6H2/t5-/m1/s1. The SMILES string of the molecule is NN1CCC[C@@H](O)C1. The number of hydrogen-bond donors (Lipinski definition) is 2. The van der Waals surface area contributed by atoms with Gasteiger partial charge in [0.25, 0.3) is 0 Å². The lowest BCUT2D eigenvalue weighted by molar-refractivity contribution is 0.0710. The molecule has 1 heterocycles. The number of aliphatic hydroxyl groups excluding tert-OH is 1. The molecule has 1 aliphatic heterocycles. The van der Waals surface area contributed by atoms with Crippen molar-refractivity contribution in [2.75, 3.05) is 13.1 Å². The summed E-state index contributed by atoms with van der Waals surface area (Å²) in [4.78, 5) is 0. The lowest BCUT2D eigenvalue weighted by atomic mass is 10.1. The van der Waals surface area contributed by atoms with Crippen molar-refractivity contribution in [3.8, 4) is 0 Å². The summed E-state index contributed by atoms with van der Waals surface area (Å²) in [6.07, 6.45) is 1.75. The van der Waals surface area contributed by atoms with Crippen LogP contribution in [0.25, 0.3) is 0 Å². The summed E-state index contributed by atoms with van der Waals surface area (Å²) in [7, 11) is 0. The molecule has 0 radical (unpaired) electrons. The Morgan fingerprint density at radius 2 is 2.38 bits per heavy atom. The molecule has 8 heavy (non-hydrogen) atoms. The number of β-amino-alcohol motifs (C(OH)–C–C–N with tert-alkyl or cyclic N) is 1. The molecule has 1 rings (SSSR count). The summed E-state index contributed by atoms with van der Waals surface area (Å²) < 4.78 is 0. The molecule has 0 aromatic carbocycles. The Balaban J connectivity index is 2.23. The third-order valence-corrected chi connectivity index (χ3v) is 1.43. The molecular formula is C5H12N2O. The van der Waals surface area contributed by atoms with E-state index in [4.69, 9.17) is 10.9 Å². The van der Waals surface area contributed by atoms with Gasteiger partial charge in [-0.05, 0) is 12.8 Å². The van der Waals surface area contributed by atoms with Crippen LogP contribution in [0.5, 0.6) is 0 Å². The summed E-state index contributed by atoms with van der Waals surface area (Å²) in [6.45, 7) is 1.57. The molecular weight excluding hydrogens is 104 g/mol. The Morgan fingerprint density at radius 3 is 2.75 bits per heavy atom. The number of nitrogens with two attached hydrogens (primary N) is 1. The first-order chi connectivity index (χ1) is 3.79. The third kappa shape index (κ3) is 1.43. The molecule has 0 aliphatic carbocycles. The zero-order chi connectivity index (χ0) is 5.98. The van der Waals surface area contributed by atoms with Crippen LogP contribution >= 0.6 is 0 Å². The smallest absolute Gasteiger partial charge is 0.0681 e. The van der Waals surface area contributed by atoms with Crippen molar-refractivity contribution in [1.82, 2.24) is 5.01 Å². The lowest BCUT2D eigenvalue weighted by Gasteiger charge is -2.25. The lowest BCUT2D eigenvalue weighted by Crippen LogP contribution is -2.42. The zero-order valence-electron chi connectivity index (χ0n) is 4.88. The molecule has 0 amide bonds. The van der Waals surface area contributed by atoms with Crippen LogP contribution in [-0.4, -0.2) is 29.3 Å². The van der Waals surface area contributed by atoms with Crippen LogP contribution < -0.4 is 5.84 Å². The minimum atomic E-state index is -0.186. The highest BCUT2D eigenvalue weighted by Gasteiger charge is 2.13. The predicted octanol–water partition coefficient (Wildman–Crippen LogP) is -0.683. The summed E-state index contributed by atoms with van der Waals surface area (Å²) in [5.41, 5.74) is 0. The normalized spacial score (nSPS) is 33.0. The Morgan fingerprint density at radius 1 is 1.62 bits per heavy atom. The average Bonchev–Trinajstić information content (AvgIpc) is 1.64. The van der Waals surface area contributed by atoms with E-state index < -0.39 is 0 Å². The maximum atomic E-state index is 8.96. The highest BCUT2D eigenvalue weighted by atomic mass is 16.3. The fourth-order valence-electron chi connectivity index (χ4n) is 0.983. The molecule has 48 valence electrons. The fourth-order valence-corrected chi connectivity index (χ4v) is 0.983. The molecule has 0 spiro atoms. The second-order valence-electron chi connectivity index (χ2n) is 2.29. The molecule has 0 saturated carbocycles. The quantitative estimate of drug-likeness (QED) is 0.412. The molecule has 3 nitrogen and oxygen atoms in total. The van der Waals surface area contributed by atoms with Gasteiger partial charge in [-0.15, -0.1) is 0 Å². The summed E-state index contributed by atoms with van der Waals surface area (Å²) >= 11 is 0. The van der Waals surface area contributed by atoms with Crippen LogP contribution in [0.3, 0.4) is 0 Å². The van der Waals surface area contributed by atoms with Gasteiger partial charge in [0.15, 0.2) is 0 Å². The molecule has 3 heteroatoms. The van der Waals surface area contributed by atoms with E-state index >= 15 is 0 Å². The summed E-state index contributed by atoms with van der Waals surface area (Å²) in [6, 6.07) is 0. The molecule has 1 fully saturated rings. The van der Waals surface area contributed by atoms with Crippen LogP contribution in [0.4, 0.5) is 0 Å². The number of hydrazine groups is 1. The summed E-state index contributed by atoms with van der Waals surface area (Å²) in [5.74, 6) is 5.40. The van der Waals surface area contributed by atoms with Crippen LogP contribution in [-0.2, 0) is 0 Å². The Kier molecular flexibility index (Phi) is 1.83. The van der Waals surface area contributed by atoms with E-state index in [0.717, 1.165) is 19.4 Å². The van der Waals surface area contributed by atoms with E-state index in [1.165, 1.54) is 0 Å². The third-order valence-electron chi connectivity index (χ3n) is 1.43. The first-order valence-electron chi connectivity index (χ1n) is 2.97. The molecule has 3 N–H and O–H groups in total. The van der Waals surface area contributed by atoms with Gasteiger partial charge < -0.3 is 5.11 Å². The Hall–Kier alpha value is -0.120. The minimum Gasteiger partial charge on any atom is -0.392 e. The first kappa shape index (κ1) is 6.01. The van der Waals surface area contributed by atoms with Gasteiger partial charge >= 0.3 is 0 Å². The second kappa shape index (κ2) is 2.44. The first-order valence-corrected chi connectivity index (χ1v) is 2.97. The molecule has 1 atom stereocenters. The topological polar surface area (TPSA) is 49.5 Å². The molecule has 0 aromatic heterocycles. The van der Waals surface area contributed by atoms with Crippen LogP contribution in [0, 0.1) is 0 Å². The highest BCUT2D eigenvalue weighted by Crippen LogP contribution is 2.04. The van der Waals surface area contributed by atoms with E-state index in [1.54, 1.807) is 5.01 Å². The van der Waals surface area contributed by atoms with Crippen molar-refractivity contribution in [3.63, 3.8) is 0 Å².